The molecular formula is C23H21ClN4OS. The second kappa shape index (κ2) is 5.80. The second-order valence-corrected chi connectivity index (χ2v) is 10.9. The summed E-state index contributed by atoms with van der Waals surface area (Å²) in [5.41, 5.74) is 4.37. The summed E-state index contributed by atoms with van der Waals surface area (Å²) in [5.74, 6) is 3.73. The van der Waals surface area contributed by atoms with Crippen LogP contribution in [-0.4, -0.2) is 31.9 Å². The number of fused-ring (bicyclic) bond motifs is 3. The third-order valence-corrected chi connectivity index (χ3v) is 9.42. The quantitative estimate of drug-likeness (QED) is 0.595. The lowest BCUT2D eigenvalue weighted by Crippen LogP contribution is -2.48. The Balaban J connectivity index is 1.31. The molecule has 3 aromatic rings. The number of thioether (sulfide) groups is 1. The lowest BCUT2D eigenvalue weighted by Gasteiger charge is -2.54. The smallest absolute Gasteiger partial charge is 0.238 e. The molecule has 0 unspecified atom stereocenters. The van der Waals surface area contributed by atoms with Gasteiger partial charge in [0.15, 0.2) is 0 Å². The molecule has 2 aliphatic carbocycles. The van der Waals surface area contributed by atoms with E-state index in [0.29, 0.717) is 23.0 Å². The summed E-state index contributed by atoms with van der Waals surface area (Å²) < 4.78 is 2.39. The van der Waals surface area contributed by atoms with Gasteiger partial charge in [0, 0.05) is 17.3 Å². The first-order chi connectivity index (χ1) is 14.6. The summed E-state index contributed by atoms with van der Waals surface area (Å²) >= 11 is 8.32. The van der Waals surface area contributed by atoms with E-state index in [1.807, 2.05) is 29.3 Å². The second-order valence-electron chi connectivity index (χ2n) is 9.45. The van der Waals surface area contributed by atoms with E-state index >= 15 is 0 Å². The van der Waals surface area contributed by atoms with E-state index in [0.717, 1.165) is 41.0 Å². The predicted octanol–water partition coefficient (Wildman–Crippen LogP) is 4.73. The summed E-state index contributed by atoms with van der Waals surface area (Å²) in [6.45, 7) is 0.490. The van der Waals surface area contributed by atoms with Crippen molar-refractivity contribution in [2.24, 2.45) is 5.41 Å². The molecule has 0 N–H and O–H groups in total. The molecule has 1 saturated heterocycles. The number of halogens is 1. The maximum absolute atomic E-state index is 13.4. The van der Waals surface area contributed by atoms with Crippen molar-refractivity contribution in [1.82, 2.24) is 14.5 Å². The number of nitrogens with zero attached hydrogens (tertiary/aromatic N) is 4. The Morgan fingerprint density at radius 3 is 2.77 bits per heavy atom. The van der Waals surface area contributed by atoms with Crippen LogP contribution in [0.4, 0.5) is 5.69 Å². The Kier molecular flexibility index (Phi) is 3.40. The van der Waals surface area contributed by atoms with Crippen LogP contribution in [-0.2, 0) is 16.8 Å². The summed E-state index contributed by atoms with van der Waals surface area (Å²) in [5, 5.41) is 0.697. The minimum absolute atomic E-state index is 0.211. The number of aromatic nitrogens is 3. The van der Waals surface area contributed by atoms with Gasteiger partial charge in [0.25, 0.3) is 0 Å². The standard InChI is InChI=1S/C23H21ClN4OS/c24-14-1-2-18-17(7-14)26-20(28(18)15-8-22(9-15)12-30-13-22)11-27-19-10-25-6-3-16(19)23(4-5-23)21(27)29/h1-3,6-7,10,15H,4-5,8-9,11-13H2. The highest BCUT2D eigenvalue weighted by Crippen LogP contribution is 2.59. The SMILES string of the molecule is O=C1N(Cc2nc3cc(Cl)ccc3n2C2CC3(CSC3)C2)c2cnccc2C12CC2. The molecule has 3 fully saturated rings. The van der Waals surface area contributed by atoms with Crippen LogP contribution in [0.25, 0.3) is 11.0 Å². The maximum atomic E-state index is 13.4. The number of hydrogen-bond acceptors (Lipinski definition) is 4. The fraction of sp³-hybridized carbons (Fsp3) is 0.435. The predicted molar refractivity (Wildman–Crippen MR) is 119 cm³/mol. The Bertz CT molecular complexity index is 1220. The molecule has 2 aliphatic heterocycles. The van der Waals surface area contributed by atoms with Crippen molar-refractivity contribution in [3.8, 4) is 0 Å². The first-order valence-corrected chi connectivity index (χ1v) is 12.1. The Hall–Kier alpha value is -2.05. The number of hydrogen-bond donors (Lipinski definition) is 0. The number of rotatable bonds is 3. The molecule has 152 valence electrons. The topological polar surface area (TPSA) is 51.0 Å². The lowest BCUT2D eigenvalue weighted by molar-refractivity contribution is -0.120. The normalized spacial score (nSPS) is 23.1. The Morgan fingerprint density at radius 2 is 2.03 bits per heavy atom. The highest BCUT2D eigenvalue weighted by Gasteiger charge is 2.59. The van der Waals surface area contributed by atoms with E-state index in [1.54, 1.807) is 6.20 Å². The van der Waals surface area contributed by atoms with Crippen molar-refractivity contribution < 1.29 is 4.79 Å². The zero-order valence-corrected chi connectivity index (χ0v) is 18.0. The zero-order chi connectivity index (χ0) is 20.1. The molecule has 1 aromatic carbocycles. The van der Waals surface area contributed by atoms with Gasteiger partial charge in [-0.1, -0.05) is 11.6 Å². The number of carbonyl (C=O) groups is 1. The van der Waals surface area contributed by atoms with Gasteiger partial charge >= 0.3 is 0 Å². The van der Waals surface area contributed by atoms with Crippen LogP contribution in [0, 0.1) is 5.41 Å². The van der Waals surface area contributed by atoms with Crippen molar-refractivity contribution in [2.45, 2.75) is 43.7 Å². The number of carbonyl (C=O) groups excluding carboxylic acids is 1. The Labute approximate surface area is 183 Å². The molecule has 1 amide bonds. The first-order valence-electron chi connectivity index (χ1n) is 10.6. The molecule has 2 spiro atoms. The van der Waals surface area contributed by atoms with Crippen molar-refractivity contribution >= 4 is 46.0 Å². The van der Waals surface area contributed by atoms with E-state index in [9.17, 15) is 4.79 Å². The summed E-state index contributed by atoms with van der Waals surface area (Å²) in [6.07, 6.45) is 7.93. The van der Waals surface area contributed by atoms with Crippen LogP contribution >= 0.6 is 23.4 Å². The van der Waals surface area contributed by atoms with Gasteiger partial charge in [-0.05, 0) is 72.4 Å². The van der Waals surface area contributed by atoms with E-state index in [2.05, 4.69) is 27.4 Å². The van der Waals surface area contributed by atoms with E-state index in [1.165, 1.54) is 24.3 Å². The minimum atomic E-state index is -0.303. The van der Waals surface area contributed by atoms with Gasteiger partial charge in [0.2, 0.25) is 5.91 Å². The van der Waals surface area contributed by atoms with Gasteiger partial charge in [-0.2, -0.15) is 11.8 Å². The summed E-state index contributed by atoms with van der Waals surface area (Å²) in [4.78, 5) is 24.6. The molecule has 0 radical (unpaired) electrons. The minimum Gasteiger partial charge on any atom is -0.323 e. The number of pyridine rings is 1. The lowest BCUT2D eigenvalue weighted by atomic mass is 9.67. The molecule has 30 heavy (non-hydrogen) atoms. The molecule has 7 heteroatoms. The molecule has 0 atom stereocenters. The van der Waals surface area contributed by atoms with E-state index in [-0.39, 0.29) is 11.3 Å². The van der Waals surface area contributed by atoms with Crippen molar-refractivity contribution in [3.05, 3.63) is 53.1 Å². The monoisotopic (exact) mass is 436 g/mol. The zero-order valence-electron chi connectivity index (χ0n) is 16.5. The largest absolute Gasteiger partial charge is 0.323 e. The number of amides is 1. The van der Waals surface area contributed by atoms with Crippen LogP contribution in [0.3, 0.4) is 0 Å². The van der Waals surface area contributed by atoms with Gasteiger partial charge in [-0.15, -0.1) is 0 Å². The van der Waals surface area contributed by atoms with Crippen LogP contribution in [0.2, 0.25) is 5.02 Å². The van der Waals surface area contributed by atoms with Gasteiger partial charge < -0.3 is 9.47 Å². The molecular weight excluding hydrogens is 416 g/mol. The van der Waals surface area contributed by atoms with Gasteiger partial charge in [0.05, 0.1) is 34.9 Å². The van der Waals surface area contributed by atoms with E-state index in [4.69, 9.17) is 16.6 Å². The van der Waals surface area contributed by atoms with Crippen LogP contribution in [0.5, 0.6) is 0 Å². The molecule has 4 heterocycles. The molecule has 4 aliphatic rings. The van der Waals surface area contributed by atoms with Crippen LogP contribution < -0.4 is 4.90 Å². The average Bonchev–Trinajstić information content (AvgIpc) is 3.36. The number of anilines is 1. The van der Waals surface area contributed by atoms with E-state index < -0.39 is 0 Å². The maximum Gasteiger partial charge on any atom is 0.238 e. The van der Waals surface area contributed by atoms with Gasteiger partial charge in [-0.3, -0.25) is 9.78 Å². The van der Waals surface area contributed by atoms with Crippen LogP contribution in [0.15, 0.2) is 36.7 Å². The average molecular weight is 437 g/mol. The fourth-order valence-electron chi connectivity index (χ4n) is 5.79. The van der Waals surface area contributed by atoms with Gasteiger partial charge in [-0.25, -0.2) is 4.98 Å². The first kappa shape index (κ1) is 17.6. The number of benzene rings is 1. The molecule has 2 saturated carbocycles. The highest BCUT2D eigenvalue weighted by molar-refractivity contribution is 8.00. The number of imidazole rings is 1. The van der Waals surface area contributed by atoms with Gasteiger partial charge in [0.1, 0.15) is 5.82 Å². The third-order valence-electron chi connectivity index (χ3n) is 7.55. The van der Waals surface area contributed by atoms with Crippen molar-refractivity contribution in [1.29, 1.82) is 0 Å². The molecule has 0 bridgehead atoms. The summed E-state index contributed by atoms with van der Waals surface area (Å²) in [7, 11) is 0. The highest BCUT2D eigenvalue weighted by atomic mass is 35.5. The molecule has 2 aromatic heterocycles. The van der Waals surface area contributed by atoms with Crippen molar-refractivity contribution in [3.63, 3.8) is 0 Å². The third kappa shape index (κ3) is 2.24. The fourth-order valence-corrected chi connectivity index (χ4v) is 7.20. The van der Waals surface area contributed by atoms with Crippen molar-refractivity contribution in [2.75, 3.05) is 16.4 Å². The molecule has 5 nitrogen and oxygen atoms in total. The summed E-state index contributed by atoms with van der Waals surface area (Å²) in [6, 6.07) is 8.44. The molecule has 7 rings (SSSR count). The Morgan fingerprint density at radius 1 is 1.20 bits per heavy atom. The van der Waals surface area contributed by atoms with Crippen LogP contribution in [0.1, 0.15) is 43.1 Å².